The minimum Gasteiger partial charge on any atom is -0.493 e. The molecule has 0 heterocycles. The average molecular weight is 340 g/mol. The summed E-state index contributed by atoms with van der Waals surface area (Å²) in [5.74, 6) is -0.742. The number of rotatable bonds is 4. The van der Waals surface area contributed by atoms with Crippen LogP contribution >= 0.6 is 31.9 Å². The van der Waals surface area contributed by atoms with E-state index in [0.29, 0.717) is 5.33 Å². The summed E-state index contributed by atoms with van der Waals surface area (Å²) in [6.45, 7) is 0. The van der Waals surface area contributed by atoms with Gasteiger partial charge in [0.05, 0.1) is 17.5 Å². The number of halogens is 3. The molecular weight excluding hydrogens is 331 g/mol. The fourth-order valence-electron chi connectivity index (χ4n) is 1.15. The van der Waals surface area contributed by atoms with Gasteiger partial charge in [0.1, 0.15) is 0 Å². The van der Waals surface area contributed by atoms with Crippen molar-refractivity contribution < 1.29 is 13.9 Å². The highest BCUT2D eigenvalue weighted by atomic mass is 79.9. The van der Waals surface area contributed by atoms with E-state index >= 15 is 0 Å². The van der Waals surface area contributed by atoms with E-state index in [2.05, 4.69) is 31.9 Å². The van der Waals surface area contributed by atoms with Crippen molar-refractivity contribution >= 4 is 37.6 Å². The minimum absolute atomic E-state index is 0.00657. The molecule has 0 N–H and O–H groups in total. The molecule has 0 saturated carbocycles. The molecule has 1 aromatic rings. The average Bonchev–Trinajstić information content (AvgIpc) is 2.26. The maximum absolute atomic E-state index is 13.3. The standard InChI is InChI=1S/C10H9Br2FO2/c1-15-10-6(3-2-4-8(10)13)9(14)7(12)5-11/h2-4,7H,5H2,1H3. The van der Waals surface area contributed by atoms with Gasteiger partial charge in [-0.3, -0.25) is 4.79 Å². The van der Waals surface area contributed by atoms with Crippen LogP contribution in [0.2, 0.25) is 0 Å². The molecule has 0 saturated heterocycles. The zero-order valence-corrected chi connectivity index (χ0v) is 11.1. The van der Waals surface area contributed by atoms with Gasteiger partial charge >= 0.3 is 0 Å². The molecule has 1 unspecified atom stereocenters. The van der Waals surface area contributed by atoms with Gasteiger partial charge < -0.3 is 4.74 Å². The van der Waals surface area contributed by atoms with Gasteiger partial charge in [0.15, 0.2) is 17.3 Å². The molecule has 1 rings (SSSR count). The number of carbonyl (C=O) groups is 1. The maximum Gasteiger partial charge on any atom is 0.181 e. The van der Waals surface area contributed by atoms with Crippen molar-refractivity contribution in [2.75, 3.05) is 12.4 Å². The predicted molar refractivity (Wildman–Crippen MR) is 63.8 cm³/mol. The summed E-state index contributed by atoms with van der Waals surface area (Å²) in [4.78, 5) is 11.4. The van der Waals surface area contributed by atoms with Gasteiger partial charge in [-0.2, -0.15) is 0 Å². The topological polar surface area (TPSA) is 26.3 Å². The van der Waals surface area contributed by atoms with Gasteiger partial charge in [-0.1, -0.05) is 37.9 Å². The quantitative estimate of drug-likeness (QED) is 0.622. The molecule has 0 spiro atoms. The molecule has 0 radical (unpaired) electrons. The molecule has 1 aromatic carbocycles. The molecular formula is C10H9Br2FO2. The summed E-state index contributed by atoms with van der Waals surface area (Å²) >= 11 is 6.37. The van der Waals surface area contributed by atoms with Crippen LogP contribution < -0.4 is 4.74 Å². The van der Waals surface area contributed by atoms with Gasteiger partial charge in [-0.25, -0.2) is 4.39 Å². The molecule has 0 amide bonds. The van der Waals surface area contributed by atoms with Crippen molar-refractivity contribution in [3.63, 3.8) is 0 Å². The molecule has 0 bridgehead atoms. The SMILES string of the molecule is COc1c(F)cccc1C(=O)C(Br)CBr. The molecule has 0 fully saturated rings. The number of ketones is 1. The smallest absolute Gasteiger partial charge is 0.181 e. The normalized spacial score (nSPS) is 12.3. The van der Waals surface area contributed by atoms with Gasteiger partial charge in [0.25, 0.3) is 0 Å². The second-order valence-electron chi connectivity index (χ2n) is 2.81. The number of hydrogen-bond acceptors (Lipinski definition) is 2. The number of benzene rings is 1. The van der Waals surface area contributed by atoms with Crippen LogP contribution in [0.1, 0.15) is 10.4 Å². The Balaban J connectivity index is 3.13. The molecule has 0 aliphatic rings. The van der Waals surface area contributed by atoms with Gasteiger partial charge in [-0.15, -0.1) is 0 Å². The first-order valence-corrected chi connectivity index (χ1v) is 6.22. The molecule has 2 nitrogen and oxygen atoms in total. The number of Topliss-reactive ketones (excluding diaryl/α,β-unsaturated/α-hetero) is 1. The summed E-state index contributed by atoms with van der Waals surface area (Å²) in [6, 6.07) is 4.28. The number of para-hydroxylation sites is 1. The Kier molecular flexibility index (Phi) is 4.73. The zero-order chi connectivity index (χ0) is 11.4. The van der Waals surface area contributed by atoms with Gasteiger partial charge in [0, 0.05) is 5.33 Å². The Bertz CT molecular complexity index is 368. The Morgan fingerprint density at radius 3 is 2.80 bits per heavy atom. The maximum atomic E-state index is 13.3. The van der Waals surface area contributed by atoms with Crippen molar-refractivity contribution in [1.82, 2.24) is 0 Å². The van der Waals surface area contributed by atoms with Crippen molar-refractivity contribution in [3.05, 3.63) is 29.6 Å². The van der Waals surface area contributed by atoms with E-state index in [-0.39, 0.29) is 21.9 Å². The molecule has 1 atom stereocenters. The van der Waals surface area contributed by atoms with Crippen LogP contribution in [0.5, 0.6) is 5.75 Å². The van der Waals surface area contributed by atoms with E-state index in [4.69, 9.17) is 4.74 Å². The van der Waals surface area contributed by atoms with E-state index in [9.17, 15) is 9.18 Å². The lowest BCUT2D eigenvalue weighted by Crippen LogP contribution is -2.16. The van der Waals surface area contributed by atoms with Crippen LogP contribution in [0.3, 0.4) is 0 Å². The van der Waals surface area contributed by atoms with Crippen molar-refractivity contribution in [2.45, 2.75) is 4.83 Å². The summed E-state index contributed by atoms with van der Waals surface area (Å²) in [5, 5.41) is 0.464. The van der Waals surface area contributed by atoms with E-state index < -0.39 is 5.82 Å². The highest BCUT2D eigenvalue weighted by molar-refractivity contribution is 9.12. The van der Waals surface area contributed by atoms with Crippen LogP contribution in [-0.4, -0.2) is 23.1 Å². The first-order valence-electron chi connectivity index (χ1n) is 4.18. The van der Waals surface area contributed by atoms with Crippen molar-refractivity contribution in [2.24, 2.45) is 0 Å². The highest BCUT2D eigenvalue weighted by Crippen LogP contribution is 2.25. The van der Waals surface area contributed by atoms with Crippen molar-refractivity contribution in [1.29, 1.82) is 0 Å². The summed E-state index contributed by atoms with van der Waals surface area (Å²) in [7, 11) is 1.34. The van der Waals surface area contributed by atoms with Gasteiger partial charge in [-0.05, 0) is 12.1 Å². The molecule has 82 valence electrons. The molecule has 0 aliphatic carbocycles. The van der Waals surface area contributed by atoms with Gasteiger partial charge in [0.2, 0.25) is 0 Å². The minimum atomic E-state index is -0.530. The monoisotopic (exact) mass is 338 g/mol. The second-order valence-corrected chi connectivity index (χ2v) is 4.56. The number of carbonyl (C=O) groups excluding carboxylic acids is 1. The molecule has 5 heteroatoms. The Morgan fingerprint density at radius 1 is 1.60 bits per heavy atom. The Labute approximate surface area is 104 Å². The fourth-order valence-corrected chi connectivity index (χ4v) is 1.69. The number of hydrogen-bond donors (Lipinski definition) is 0. The Morgan fingerprint density at radius 2 is 2.27 bits per heavy atom. The molecule has 15 heavy (non-hydrogen) atoms. The van der Waals surface area contributed by atoms with Crippen molar-refractivity contribution in [3.8, 4) is 5.75 Å². The van der Waals surface area contributed by atoms with E-state index in [1.54, 1.807) is 6.07 Å². The fraction of sp³-hybridized carbons (Fsp3) is 0.300. The second kappa shape index (κ2) is 5.61. The lowest BCUT2D eigenvalue weighted by atomic mass is 10.1. The number of alkyl halides is 2. The summed E-state index contributed by atoms with van der Waals surface area (Å²) in [6.07, 6.45) is 0. The third-order valence-corrected chi connectivity index (χ3v) is 4.11. The summed E-state index contributed by atoms with van der Waals surface area (Å²) in [5.41, 5.74) is 0.249. The zero-order valence-electron chi connectivity index (χ0n) is 7.97. The highest BCUT2D eigenvalue weighted by Gasteiger charge is 2.21. The van der Waals surface area contributed by atoms with E-state index in [1.807, 2.05) is 0 Å². The largest absolute Gasteiger partial charge is 0.493 e. The van der Waals surface area contributed by atoms with E-state index in [1.165, 1.54) is 19.2 Å². The van der Waals surface area contributed by atoms with E-state index in [0.717, 1.165) is 0 Å². The lowest BCUT2D eigenvalue weighted by Gasteiger charge is -2.10. The van der Waals surface area contributed by atoms with Crippen LogP contribution in [-0.2, 0) is 0 Å². The van der Waals surface area contributed by atoms with Crippen LogP contribution in [0, 0.1) is 5.82 Å². The number of methoxy groups -OCH3 is 1. The molecule has 0 aromatic heterocycles. The predicted octanol–water partition coefficient (Wildman–Crippen LogP) is 3.18. The van der Waals surface area contributed by atoms with Crippen LogP contribution in [0.25, 0.3) is 0 Å². The first kappa shape index (κ1) is 12.6. The van der Waals surface area contributed by atoms with Crippen LogP contribution in [0.15, 0.2) is 18.2 Å². The third-order valence-electron chi connectivity index (χ3n) is 1.86. The molecule has 0 aliphatic heterocycles. The summed E-state index contributed by atoms with van der Waals surface area (Å²) < 4.78 is 18.1. The third kappa shape index (κ3) is 2.78. The van der Waals surface area contributed by atoms with Crippen LogP contribution in [0.4, 0.5) is 4.39 Å². The Hall–Kier alpha value is -0.420. The first-order chi connectivity index (χ1) is 7.11. The number of ether oxygens (including phenoxy) is 1. The lowest BCUT2D eigenvalue weighted by molar-refractivity contribution is 0.0993.